The Labute approximate surface area is 157 Å². The van der Waals surface area contributed by atoms with Gasteiger partial charge >= 0.3 is 0 Å². The number of hydrogen-bond acceptors (Lipinski definition) is 3. The summed E-state index contributed by atoms with van der Waals surface area (Å²) in [6.07, 6.45) is 1.75. The molecule has 0 aliphatic heterocycles. The zero-order valence-electron chi connectivity index (χ0n) is 15.2. The molecule has 1 amide bonds. The number of nitrogens with zero attached hydrogens (tertiary/aromatic N) is 3. The summed E-state index contributed by atoms with van der Waals surface area (Å²) < 4.78 is 7.46. The van der Waals surface area contributed by atoms with Crippen molar-refractivity contribution in [2.45, 2.75) is 6.92 Å². The zero-order chi connectivity index (χ0) is 18.8. The van der Waals surface area contributed by atoms with Crippen molar-refractivity contribution in [2.24, 2.45) is 0 Å². The van der Waals surface area contributed by atoms with Crippen LogP contribution in [0.1, 0.15) is 16.1 Å². The number of rotatable bonds is 4. The minimum absolute atomic E-state index is 0.146. The van der Waals surface area contributed by atoms with Crippen LogP contribution in [0.5, 0.6) is 0 Å². The minimum Gasteiger partial charge on any atom is -0.460 e. The van der Waals surface area contributed by atoms with Gasteiger partial charge < -0.3 is 9.32 Å². The molecule has 0 fully saturated rings. The number of amides is 1. The highest BCUT2D eigenvalue weighted by atomic mass is 16.3. The highest BCUT2D eigenvalue weighted by Gasteiger charge is 2.24. The van der Waals surface area contributed by atoms with Gasteiger partial charge in [-0.2, -0.15) is 5.10 Å². The van der Waals surface area contributed by atoms with Crippen molar-refractivity contribution in [3.63, 3.8) is 0 Å². The monoisotopic (exact) mass is 357 g/mol. The average molecular weight is 357 g/mol. The lowest BCUT2D eigenvalue weighted by molar-refractivity contribution is 0.0993. The predicted molar refractivity (Wildman–Crippen MR) is 105 cm³/mol. The fraction of sp³-hybridized carbons (Fsp3) is 0.0909. The summed E-state index contributed by atoms with van der Waals surface area (Å²) in [5.41, 5.74) is 2.71. The lowest BCUT2D eigenvalue weighted by Gasteiger charge is -2.16. The molecule has 5 nitrogen and oxygen atoms in total. The van der Waals surface area contributed by atoms with E-state index in [1.807, 2.05) is 79.7 Å². The number of hydrogen-bond donors (Lipinski definition) is 0. The molecule has 134 valence electrons. The largest absolute Gasteiger partial charge is 0.460 e. The maximum absolute atomic E-state index is 13.2. The second-order valence-corrected chi connectivity index (χ2v) is 6.28. The summed E-state index contributed by atoms with van der Waals surface area (Å²) >= 11 is 0. The Kier molecular flexibility index (Phi) is 4.34. The molecule has 0 unspecified atom stereocenters. The maximum Gasteiger partial charge on any atom is 0.261 e. The number of para-hydroxylation sites is 2. The van der Waals surface area contributed by atoms with E-state index >= 15 is 0 Å². The van der Waals surface area contributed by atoms with Crippen LogP contribution in [-0.2, 0) is 0 Å². The molecule has 4 rings (SSSR count). The second-order valence-electron chi connectivity index (χ2n) is 6.28. The van der Waals surface area contributed by atoms with Crippen LogP contribution in [0.4, 0.5) is 5.69 Å². The SMILES string of the molecule is Cc1ccc(-c2nn(-c3ccccc3)cc2C(=O)N(C)c2ccccc2)o1. The maximum atomic E-state index is 13.2. The first-order chi connectivity index (χ1) is 13.1. The summed E-state index contributed by atoms with van der Waals surface area (Å²) in [5, 5.41) is 4.64. The second kappa shape index (κ2) is 6.96. The van der Waals surface area contributed by atoms with E-state index in [-0.39, 0.29) is 5.91 Å². The van der Waals surface area contributed by atoms with Crippen LogP contribution in [0, 0.1) is 6.92 Å². The van der Waals surface area contributed by atoms with Crippen LogP contribution < -0.4 is 4.90 Å². The molecule has 0 saturated carbocycles. The molecule has 2 aromatic carbocycles. The first kappa shape index (κ1) is 16.8. The number of furan rings is 1. The summed E-state index contributed by atoms with van der Waals surface area (Å²) in [4.78, 5) is 14.8. The van der Waals surface area contributed by atoms with Gasteiger partial charge in [0, 0.05) is 18.9 Å². The molecule has 0 aliphatic carbocycles. The van der Waals surface area contributed by atoms with Crippen molar-refractivity contribution in [1.29, 1.82) is 0 Å². The van der Waals surface area contributed by atoms with E-state index in [1.165, 1.54) is 0 Å². The van der Waals surface area contributed by atoms with Crippen LogP contribution >= 0.6 is 0 Å². The number of carbonyl (C=O) groups is 1. The molecule has 0 N–H and O–H groups in total. The molecule has 4 aromatic rings. The predicted octanol–water partition coefficient (Wildman–Crippen LogP) is 4.72. The van der Waals surface area contributed by atoms with E-state index in [2.05, 4.69) is 5.10 Å². The van der Waals surface area contributed by atoms with Gasteiger partial charge in [0.05, 0.1) is 11.3 Å². The van der Waals surface area contributed by atoms with Gasteiger partial charge in [-0.1, -0.05) is 36.4 Å². The molecule has 0 bridgehead atoms. The lowest BCUT2D eigenvalue weighted by Crippen LogP contribution is -2.26. The molecule has 0 spiro atoms. The van der Waals surface area contributed by atoms with Crippen molar-refractivity contribution in [1.82, 2.24) is 9.78 Å². The van der Waals surface area contributed by atoms with E-state index in [1.54, 1.807) is 22.8 Å². The van der Waals surface area contributed by atoms with Crippen LogP contribution in [0.2, 0.25) is 0 Å². The third-order valence-electron chi connectivity index (χ3n) is 4.39. The van der Waals surface area contributed by atoms with E-state index in [0.717, 1.165) is 17.1 Å². The Balaban J connectivity index is 1.80. The smallest absolute Gasteiger partial charge is 0.261 e. The van der Waals surface area contributed by atoms with E-state index in [9.17, 15) is 4.79 Å². The normalized spacial score (nSPS) is 10.7. The molecule has 0 radical (unpaired) electrons. The third-order valence-corrected chi connectivity index (χ3v) is 4.39. The topological polar surface area (TPSA) is 51.3 Å². The molecule has 0 atom stereocenters. The quantitative estimate of drug-likeness (QED) is 0.531. The Morgan fingerprint density at radius 3 is 2.26 bits per heavy atom. The van der Waals surface area contributed by atoms with Gasteiger partial charge in [-0.25, -0.2) is 4.68 Å². The van der Waals surface area contributed by atoms with Crippen LogP contribution in [0.3, 0.4) is 0 Å². The zero-order valence-corrected chi connectivity index (χ0v) is 15.2. The van der Waals surface area contributed by atoms with Crippen molar-refractivity contribution < 1.29 is 9.21 Å². The standard InChI is InChI=1S/C22H19N3O2/c1-16-13-14-20(27-16)21-19(15-25(23-21)18-11-7-4-8-12-18)22(26)24(2)17-9-5-3-6-10-17/h3-15H,1-2H3. The first-order valence-corrected chi connectivity index (χ1v) is 8.68. The molecule has 0 saturated heterocycles. The molecule has 5 heteroatoms. The van der Waals surface area contributed by atoms with E-state index in [0.29, 0.717) is 17.0 Å². The molecule has 27 heavy (non-hydrogen) atoms. The molecular formula is C22H19N3O2. The summed E-state index contributed by atoms with van der Waals surface area (Å²) in [6, 6.07) is 22.9. The third kappa shape index (κ3) is 3.27. The first-order valence-electron chi connectivity index (χ1n) is 8.68. The van der Waals surface area contributed by atoms with Crippen LogP contribution in [-0.4, -0.2) is 22.7 Å². The highest BCUT2D eigenvalue weighted by molar-refractivity contribution is 6.09. The number of aryl methyl sites for hydroxylation is 1. The minimum atomic E-state index is -0.146. The van der Waals surface area contributed by atoms with Gasteiger partial charge in [-0.15, -0.1) is 0 Å². The van der Waals surface area contributed by atoms with Gasteiger partial charge in [-0.05, 0) is 43.3 Å². The highest BCUT2D eigenvalue weighted by Crippen LogP contribution is 2.27. The van der Waals surface area contributed by atoms with E-state index in [4.69, 9.17) is 4.42 Å². The van der Waals surface area contributed by atoms with Crippen molar-refractivity contribution in [3.8, 4) is 17.1 Å². The Morgan fingerprint density at radius 2 is 1.63 bits per heavy atom. The van der Waals surface area contributed by atoms with Gasteiger partial charge in [0.15, 0.2) is 5.76 Å². The van der Waals surface area contributed by atoms with E-state index < -0.39 is 0 Å². The fourth-order valence-corrected chi connectivity index (χ4v) is 2.94. The molecule has 2 aromatic heterocycles. The number of aromatic nitrogens is 2. The average Bonchev–Trinajstić information content (AvgIpc) is 3.34. The Morgan fingerprint density at radius 1 is 0.963 bits per heavy atom. The Hall–Kier alpha value is -3.60. The number of carbonyl (C=O) groups excluding carboxylic acids is 1. The van der Waals surface area contributed by atoms with Crippen molar-refractivity contribution >= 4 is 11.6 Å². The van der Waals surface area contributed by atoms with Crippen molar-refractivity contribution in [2.75, 3.05) is 11.9 Å². The summed E-state index contributed by atoms with van der Waals surface area (Å²) in [6.45, 7) is 1.87. The van der Waals surface area contributed by atoms with Crippen LogP contribution in [0.25, 0.3) is 17.1 Å². The van der Waals surface area contributed by atoms with Crippen LogP contribution in [0.15, 0.2) is 83.4 Å². The summed E-state index contributed by atoms with van der Waals surface area (Å²) in [7, 11) is 1.76. The molecule has 2 heterocycles. The molecule has 0 aliphatic rings. The summed E-state index contributed by atoms with van der Waals surface area (Å²) in [5.74, 6) is 1.20. The van der Waals surface area contributed by atoms with Gasteiger partial charge in [0.2, 0.25) is 0 Å². The van der Waals surface area contributed by atoms with Crippen molar-refractivity contribution in [3.05, 3.63) is 90.3 Å². The lowest BCUT2D eigenvalue weighted by atomic mass is 10.1. The molecular weight excluding hydrogens is 338 g/mol. The Bertz CT molecular complexity index is 1070. The number of anilines is 1. The van der Waals surface area contributed by atoms with Gasteiger partial charge in [0.25, 0.3) is 5.91 Å². The van der Waals surface area contributed by atoms with Gasteiger partial charge in [0.1, 0.15) is 11.5 Å². The van der Waals surface area contributed by atoms with Gasteiger partial charge in [-0.3, -0.25) is 4.79 Å². The fourth-order valence-electron chi connectivity index (χ4n) is 2.94. The number of benzene rings is 2.